The number of fused-ring (bicyclic) bond motifs is 1. The van der Waals surface area contributed by atoms with Crippen molar-refractivity contribution in [3.05, 3.63) is 12.7 Å². The van der Waals surface area contributed by atoms with Crippen LogP contribution in [0.2, 0.25) is 0 Å². The molecule has 0 amide bonds. The van der Waals surface area contributed by atoms with E-state index in [0.717, 1.165) is 5.92 Å². The lowest BCUT2D eigenvalue weighted by Crippen LogP contribution is -2.41. The van der Waals surface area contributed by atoms with Crippen molar-refractivity contribution in [1.29, 1.82) is 0 Å². The van der Waals surface area contributed by atoms with E-state index in [1.807, 2.05) is 0 Å². The summed E-state index contributed by atoms with van der Waals surface area (Å²) in [5.41, 5.74) is 1.67. The lowest BCUT2D eigenvalue weighted by atomic mass is 9.59. The first-order chi connectivity index (χ1) is 9.42. The molecule has 4 atom stereocenters. The van der Waals surface area contributed by atoms with Crippen LogP contribution in [-0.2, 0) is 0 Å². The van der Waals surface area contributed by atoms with Crippen LogP contribution < -0.4 is 0 Å². The fourth-order valence-electron chi connectivity index (χ4n) is 5.65. The molecule has 1 nitrogen and oxygen atoms in total. The van der Waals surface area contributed by atoms with Gasteiger partial charge in [0.05, 0.1) is 0 Å². The number of nitrogens with zero attached hydrogens (tertiary/aromatic N) is 1. The first kappa shape index (κ1) is 17.1. The number of hydrogen-bond donors (Lipinski definition) is 0. The maximum Gasteiger partial charge on any atom is 0.00170 e. The predicted molar refractivity (Wildman–Crippen MR) is 93.4 cm³/mol. The maximum absolute atomic E-state index is 4.09. The number of rotatable bonds is 3. The highest BCUT2D eigenvalue weighted by Crippen LogP contribution is 2.80. The van der Waals surface area contributed by atoms with Gasteiger partial charge in [0.1, 0.15) is 0 Å². The smallest absolute Gasteiger partial charge is 0.00170 e. The molecule has 1 saturated carbocycles. The molecule has 0 aromatic rings. The Morgan fingerprint density at radius 1 is 1.24 bits per heavy atom. The molecule has 0 aromatic carbocycles. The molecule has 0 aromatic heterocycles. The monoisotopic (exact) mass is 291 g/mol. The van der Waals surface area contributed by atoms with Crippen molar-refractivity contribution in [2.24, 2.45) is 33.5 Å². The summed E-state index contributed by atoms with van der Waals surface area (Å²) < 4.78 is 0. The average Bonchev–Trinajstić information content (AvgIpc) is 3.00. The third-order valence-corrected chi connectivity index (χ3v) is 7.59. The summed E-state index contributed by atoms with van der Waals surface area (Å²) in [6, 6.07) is 0. The van der Waals surface area contributed by atoms with Crippen LogP contribution in [0.5, 0.6) is 0 Å². The van der Waals surface area contributed by atoms with Crippen LogP contribution in [0.15, 0.2) is 12.7 Å². The fraction of sp³-hybridized carbons (Fsp3) is 0.900. The highest BCUT2D eigenvalue weighted by molar-refractivity contribution is 5.24. The van der Waals surface area contributed by atoms with Crippen LogP contribution in [0, 0.1) is 33.5 Å². The van der Waals surface area contributed by atoms with Gasteiger partial charge in [0.25, 0.3) is 0 Å². The molecule has 0 radical (unpaired) electrons. The van der Waals surface area contributed by atoms with Crippen molar-refractivity contribution in [3.8, 4) is 0 Å². The third-order valence-electron chi connectivity index (χ3n) is 7.59. The molecule has 122 valence electrons. The van der Waals surface area contributed by atoms with Crippen LogP contribution in [0.3, 0.4) is 0 Å². The van der Waals surface area contributed by atoms with Gasteiger partial charge in [-0.05, 0) is 59.9 Å². The minimum atomic E-state index is 0.332. The molecule has 21 heavy (non-hydrogen) atoms. The molecule has 1 saturated heterocycles. The van der Waals surface area contributed by atoms with Gasteiger partial charge in [-0.3, -0.25) is 0 Å². The summed E-state index contributed by atoms with van der Waals surface area (Å²) in [7, 11) is 2.31. The van der Waals surface area contributed by atoms with E-state index in [-0.39, 0.29) is 0 Å². The molecule has 0 bridgehead atoms. The largest absolute Gasteiger partial charge is 0.306 e. The average molecular weight is 292 g/mol. The summed E-state index contributed by atoms with van der Waals surface area (Å²) in [4.78, 5) is 2.57. The maximum atomic E-state index is 4.09. The minimum Gasteiger partial charge on any atom is -0.306 e. The molecule has 1 aliphatic carbocycles. The van der Waals surface area contributed by atoms with Gasteiger partial charge in [-0.25, -0.2) is 0 Å². The standard InChI is InChI=1S/C20H37N/c1-10-15(2)18(6,7)20-11-12-21(9)13-16(17(3,4)5)19(20,8)14-20/h10,15-16H,1,11-14H2,2-9H3/t15-,16+,19-,20-/m1/s1. The molecule has 1 aliphatic heterocycles. The Morgan fingerprint density at radius 2 is 1.81 bits per heavy atom. The third kappa shape index (κ3) is 2.31. The van der Waals surface area contributed by atoms with Crippen LogP contribution in [-0.4, -0.2) is 25.0 Å². The molecule has 0 unspecified atom stereocenters. The van der Waals surface area contributed by atoms with Gasteiger partial charge >= 0.3 is 0 Å². The molecule has 0 N–H and O–H groups in total. The van der Waals surface area contributed by atoms with Gasteiger partial charge in [-0.15, -0.1) is 6.58 Å². The van der Waals surface area contributed by atoms with Crippen molar-refractivity contribution in [3.63, 3.8) is 0 Å². The molecule has 0 spiro atoms. The van der Waals surface area contributed by atoms with Crippen molar-refractivity contribution in [2.45, 2.75) is 61.3 Å². The lowest BCUT2D eigenvalue weighted by molar-refractivity contribution is 0.0409. The van der Waals surface area contributed by atoms with Crippen LogP contribution in [0.4, 0.5) is 0 Å². The van der Waals surface area contributed by atoms with Crippen molar-refractivity contribution >= 4 is 0 Å². The summed E-state index contributed by atoms with van der Waals surface area (Å²) in [6.45, 7) is 23.8. The Morgan fingerprint density at radius 3 is 2.29 bits per heavy atom. The first-order valence-electron chi connectivity index (χ1n) is 8.73. The van der Waals surface area contributed by atoms with E-state index >= 15 is 0 Å². The Bertz CT molecular complexity index is 416. The SMILES string of the molecule is C=C[C@@H](C)C(C)(C)[C@]12CCN(C)C[C@@H](C(C)(C)C)[C@@]1(C)C2. The second-order valence-corrected chi connectivity index (χ2v) is 9.85. The quantitative estimate of drug-likeness (QED) is 0.644. The Kier molecular flexibility index (Phi) is 3.94. The van der Waals surface area contributed by atoms with Crippen LogP contribution >= 0.6 is 0 Å². The van der Waals surface area contributed by atoms with Gasteiger partial charge < -0.3 is 4.90 Å². The molecule has 2 fully saturated rings. The van der Waals surface area contributed by atoms with E-state index in [9.17, 15) is 0 Å². The molecule has 2 aliphatic rings. The van der Waals surface area contributed by atoms with Gasteiger partial charge in [0.2, 0.25) is 0 Å². The van der Waals surface area contributed by atoms with Gasteiger partial charge in [-0.1, -0.05) is 54.5 Å². The first-order valence-corrected chi connectivity index (χ1v) is 8.73. The summed E-state index contributed by atoms with van der Waals surface area (Å²) >= 11 is 0. The van der Waals surface area contributed by atoms with Crippen molar-refractivity contribution in [1.82, 2.24) is 4.90 Å². The summed E-state index contributed by atoms with van der Waals surface area (Å²) in [5, 5.41) is 0. The molecule has 1 heterocycles. The molecular formula is C20H37N. The summed E-state index contributed by atoms with van der Waals surface area (Å²) in [6.07, 6.45) is 4.92. The van der Waals surface area contributed by atoms with E-state index < -0.39 is 0 Å². The van der Waals surface area contributed by atoms with Crippen molar-refractivity contribution in [2.75, 3.05) is 20.1 Å². The Hall–Kier alpha value is -0.300. The van der Waals surface area contributed by atoms with Crippen molar-refractivity contribution < 1.29 is 0 Å². The number of likely N-dealkylation sites (tertiary alicyclic amines) is 1. The zero-order valence-electron chi connectivity index (χ0n) is 15.7. The van der Waals surface area contributed by atoms with E-state index in [4.69, 9.17) is 0 Å². The number of hydrogen-bond acceptors (Lipinski definition) is 1. The zero-order chi connectivity index (χ0) is 16.3. The zero-order valence-corrected chi connectivity index (χ0v) is 15.7. The highest BCUT2D eigenvalue weighted by atomic mass is 15.1. The van der Waals surface area contributed by atoms with E-state index in [2.05, 4.69) is 73.1 Å². The second-order valence-electron chi connectivity index (χ2n) is 9.85. The second kappa shape index (κ2) is 4.85. The summed E-state index contributed by atoms with van der Waals surface area (Å²) in [5.74, 6) is 1.34. The van der Waals surface area contributed by atoms with Gasteiger partial charge in [0, 0.05) is 6.54 Å². The topological polar surface area (TPSA) is 3.24 Å². The van der Waals surface area contributed by atoms with E-state index in [1.54, 1.807) is 0 Å². The minimum absolute atomic E-state index is 0.332. The normalized spacial score (nSPS) is 39.3. The van der Waals surface area contributed by atoms with E-state index in [0.29, 0.717) is 27.6 Å². The number of allylic oxidation sites excluding steroid dienone is 1. The van der Waals surface area contributed by atoms with E-state index in [1.165, 1.54) is 25.9 Å². The molecular weight excluding hydrogens is 254 g/mol. The van der Waals surface area contributed by atoms with Gasteiger partial charge in [0.15, 0.2) is 0 Å². The van der Waals surface area contributed by atoms with Crippen LogP contribution in [0.25, 0.3) is 0 Å². The highest BCUT2D eigenvalue weighted by Gasteiger charge is 2.74. The van der Waals surface area contributed by atoms with Gasteiger partial charge in [-0.2, -0.15) is 0 Å². The molecule has 1 heteroatoms. The predicted octanol–water partition coefficient (Wildman–Crippen LogP) is 5.23. The molecule has 2 rings (SSSR count). The Balaban J connectivity index is 2.45. The fourth-order valence-corrected chi connectivity index (χ4v) is 5.65. The lowest BCUT2D eigenvalue weighted by Gasteiger charge is -2.45. The Labute approximate surface area is 133 Å². The van der Waals surface area contributed by atoms with Crippen LogP contribution in [0.1, 0.15) is 61.3 Å².